The van der Waals surface area contributed by atoms with Crippen LogP contribution >= 0.6 is 0 Å². The number of benzene rings is 4. The van der Waals surface area contributed by atoms with Gasteiger partial charge in [0.1, 0.15) is 28.7 Å². The molecule has 4 aromatic carbocycles. The number of ether oxygens (including phenoxy) is 2. The minimum atomic E-state index is -0.566. The van der Waals surface area contributed by atoms with Crippen LogP contribution in [0.4, 0.5) is 17.1 Å². The van der Waals surface area contributed by atoms with Crippen molar-refractivity contribution < 1.29 is 24.0 Å². The summed E-state index contributed by atoms with van der Waals surface area (Å²) >= 11 is 0. The third-order valence-electron chi connectivity index (χ3n) is 4.61. The molecule has 0 unspecified atom stereocenters. The number of nitro benzene ring substituents is 1. The molecule has 0 atom stereocenters. The lowest BCUT2D eigenvalue weighted by molar-refractivity contribution is -0.384. The first-order valence-electron chi connectivity index (χ1n) is 11.2. The summed E-state index contributed by atoms with van der Waals surface area (Å²) in [6.07, 6.45) is 0. The van der Waals surface area contributed by atoms with E-state index in [9.17, 15) is 19.7 Å². The Morgan fingerprint density at radius 1 is 0.649 bits per heavy atom. The number of carbonyl (C=O) groups is 2. The molecule has 0 heterocycles. The number of hydrogen-bond donors (Lipinski definition) is 2. The zero-order valence-electron chi connectivity index (χ0n) is 20.2. The second-order valence-corrected chi connectivity index (χ2v) is 7.65. The van der Waals surface area contributed by atoms with Gasteiger partial charge in [-0.25, -0.2) is 0 Å². The summed E-state index contributed by atoms with van der Waals surface area (Å²) in [6, 6.07) is 30.0. The number of anilines is 2. The van der Waals surface area contributed by atoms with E-state index in [0.717, 1.165) is 17.2 Å². The molecule has 0 fully saturated rings. The topological polar surface area (TPSA) is 120 Å². The molecule has 0 aliphatic heterocycles. The van der Waals surface area contributed by atoms with E-state index >= 15 is 0 Å². The van der Waals surface area contributed by atoms with Gasteiger partial charge in [-0.2, -0.15) is 0 Å². The van der Waals surface area contributed by atoms with Gasteiger partial charge in [0.15, 0.2) is 0 Å². The van der Waals surface area contributed by atoms with E-state index in [1.54, 1.807) is 42.5 Å². The molecule has 4 rings (SSSR count). The van der Waals surface area contributed by atoms with Crippen molar-refractivity contribution in [2.75, 3.05) is 10.6 Å². The highest BCUT2D eigenvalue weighted by Gasteiger charge is 2.16. The molecule has 2 amide bonds. The number of hydrogen-bond acceptors (Lipinski definition) is 6. The predicted molar refractivity (Wildman–Crippen MR) is 141 cm³/mol. The Labute approximate surface area is 213 Å². The van der Waals surface area contributed by atoms with E-state index in [4.69, 9.17) is 9.47 Å². The van der Waals surface area contributed by atoms with Crippen molar-refractivity contribution in [2.24, 2.45) is 0 Å². The molecule has 9 heteroatoms. The zero-order chi connectivity index (χ0) is 26.6. The standard InChI is InChI=1S/C14H12N2O4.C14H13NO2/c1-10(17)15-13-8-7-12(9-14(13)16(18)19)20-11-5-3-2-4-6-11;1-11(16)15-12-7-9-14(10-8-12)17-13-5-3-2-4-6-13/h2-9H,1H3,(H,15,17);2-10H,1H3,(H,15,16). The van der Waals surface area contributed by atoms with Gasteiger partial charge in [0.25, 0.3) is 5.69 Å². The summed E-state index contributed by atoms with van der Waals surface area (Å²) in [5, 5.41) is 16.1. The molecule has 9 nitrogen and oxygen atoms in total. The van der Waals surface area contributed by atoms with Crippen LogP contribution in [0.25, 0.3) is 0 Å². The lowest BCUT2D eigenvalue weighted by atomic mass is 10.2. The Hall–Kier alpha value is -5.18. The number of nitro groups is 1. The fraction of sp³-hybridized carbons (Fsp3) is 0.0714. The van der Waals surface area contributed by atoms with Gasteiger partial charge < -0.3 is 20.1 Å². The second kappa shape index (κ2) is 13.1. The molecule has 0 aliphatic carbocycles. The third-order valence-corrected chi connectivity index (χ3v) is 4.61. The lowest BCUT2D eigenvalue weighted by Crippen LogP contribution is -2.08. The maximum atomic E-state index is 11.0. The van der Waals surface area contributed by atoms with Crippen molar-refractivity contribution >= 4 is 28.9 Å². The van der Waals surface area contributed by atoms with Crippen LogP contribution in [0.5, 0.6) is 23.0 Å². The zero-order valence-corrected chi connectivity index (χ0v) is 20.2. The van der Waals surface area contributed by atoms with Crippen molar-refractivity contribution in [1.82, 2.24) is 0 Å². The third kappa shape index (κ3) is 8.84. The molecule has 0 spiro atoms. The summed E-state index contributed by atoms with van der Waals surface area (Å²) in [5.74, 6) is 1.99. The molecular formula is C28H25N3O6. The first-order valence-corrected chi connectivity index (χ1v) is 11.2. The van der Waals surface area contributed by atoms with Crippen molar-refractivity contribution in [3.05, 3.63) is 113 Å². The van der Waals surface area contributed by atoms with E-state index in [2.05, 4.69) is 10.6 Å². The second-order valence-electron chi connectivity index (χ2n) is 7.65. The van der Waals surface area contributed by atoms with Crippen LogP contribution < -0.4 is 20.1 Å². The number of amides is 2. The first-order chi connectivity index (χ1) is 17.8. The van der Waals surface area contributed by atoms with Crippen LogP contribution in [-0.2, 0) is 9.59 Å². The number of nitrogens with zero attached hydrogens (tertiary/aromatic N) is 1. The minimum Gasteiger partial charge on any atom is -0.457 e. The summed E-state index contributed by atoms with van der Waals surface area (Å²) < 4.78 is 11.1. The van der Waals surface area contributed by atoms with Gasteiger partial charge in [-0.15, -0.1) is 0 Å². The van der Waals surface area contributed by atoms with Gasteiger partial charge in [0, 0.05) is 19.5 Å². The van der Waals surface area contributed by atoms with Gasteiger partial charge in [0.2, 0.25) is 11.8 Å². The highest BCUT2D eigenvalue weighted by atomic mass is 16.6. The highest BCUT2D eigenvalue weighted by molar-refractivity contribution is 5.91. The summed E-state index contributed by atoms with van der Waals surface area (Å²) in [5.41, 5.74) is 0.689. The Bertz CT molecular complexity index is 1340. The molecule has 0 aromatic heterocycles. The van der Waals surface area contributed by atoms with Gasteiger partial charge >= 0.3 is 0 Å². The van der Waals surface area contributed by atoms with E-state index in [-0.39, 0.29) is 23.2 Å². The Morgan fingerprint density at radius 3 is 1.59 bits per heavy atom. The molecule has 37 heavy (non-hydrogen) atoms. The molecule has 2 N–H and O–H groups in total. The van der Waals surface area contributed by atoms with E-state index in [1.807, 2.05) is 48.5 Å². The normalized spacial score (nSPS) is 9.78. The summed E-state index contributed by atoms with van der Waals surface area (Å²) in [4.78, 5) is 32.3. The largest absolute Gasteiger partial charge is 0.457 e. The SMILES string of the molecule is CC(=O)Nc1ccc(Oc2ccccc2)cc1.CC(=O)Nc1ccc(Oc2ccccc2)cc1[N+](=O)[O-]. The minimum absolute atomic E-state index is 0.0817. The molecule has 0 saturated heterocycles. The van der Waals surface area contributed by atoms with Gasteiger partial charge in [-0.05, 0) is 60.7 Å². The maximum Gasteiger partial charge on any atom is 0.296 e. The van der Waals surface area contributed by atoms with Crippen LogP contribution in [0.1, 0.15) is 13.8 Å². The Kier molecular flexibility index (Phi) is 9.32. The predicted octanol–water partition coefficient (Wildman–Crippen LogP) is 6.78. The van der Waals surface area contributed by atoms with Crippen molar-refractivity contribution in [3.8, 4) is 23.0 Å². The molecular weight excluding hydrogens is 474 g/mol. The average Bonchev–Trinajstić information content (AvgIpc) is 2.87. The number of rotatable bonds is 7. The van der Waals surface area contributed by atoms with Gasteiger partial charge in [-0.3, -0.25) is 19.7 Å². The smallest absolute Gasteiger partial charge is 0.296 e. The van der Waals surface area contributed by atoms with Crippen molar-refractivity contribution in [2.45, 2.75) is 13.8 Å². The van der Waals surface area contributed by atoms with Crippen LogP contribution in [0.3, 0.4) is 0 Å². The fourth-order valence-corrected chi connectivity index (χ4v) is 3.08. The Balaban J connectivity index is 0.000000208. The molecule has 0 bridgehead atoms. The molecule has 188 valence electrons. The van der Waals surface area contributed by atoms with E-state index in [1.165, 1.54) is 26.0 Å². The van der Waals surface area contributed by atoms with Crippen LogP contribution in [0.15, 0.2) is 103 Å². The van der Waals surface area contributed by atoms with E-state index < -0.39 is 4.92 Å². The molecule has 0 aliphatic rings. The van der Waals surface area contributed by atoms with E-state index in [0.29, 0.717) is 11.5 Å². The molecule has 4 aromatic rings. The quantitative estimate of drug-likeness (QED) is 0.214. The van der Waals surface area contributed by atoms with Crippen LogP contribution in [-0.4, -0.2) is 16.7 Å². The number of para-hydroxylation sites is 2. The molecule has 0 radical (unpaired) electrons. The first kappa shape index (κ1) is 26.4. The van der Waals surface area contributed by atoms with Crippen LogP contribution in [0, 0.1) is 10.1 Å². The maximum absolute atomic E-state index is 11.0. The summed E-state index contributed by atoms with van der Waals surface area (Å²) in [7, 11) is 0. The van der Waals surface area contributed by atoms with Crippen molar-refractivity contribution in [3.63, 3.8) is 0 Å². The Morgan fingerprint density at radius 2 is 1.11 bits per heavy atom. The number of carbonyl (C=O) groups excluding carboxylic acids is 2. The van der Waals surface area contributed by atoms with Crippen molar-refractivity contribution in [1.29, 1.82) is 0 Å². The summed E-state index contributed by atoms with van der Waals surface area (Å²) in [6.45, 7) is 2.77. The van der Waals surface area contributed by atoms with Crippen LogP contribution in [0.2, 0.25) is 0 Å². The fourth-order valence-electron chi connectivity index (χ4n) is 3.08. The molecule has 0 saturated carbocycles. The highest BCUT2D eigenvalue weighted by Crippen LogP contribution is 2.31. The van der Waals surface area contributed by atoms with Gasteiger partial charge in [0.05, 0.1) is 11.0 Å². The average molecular weight is 500 g/mol. The number of nitrogens with one attached hydrogen (secondary N) is 2. The van der Waals surface area contributed by atoms with Gasteiger partial charge in [-0.1, -0.05) is 36.4 Å². The lowest BCUT2D eigenvalue weighted by Gasteiger charge is -2.08. The monoisotopic (exact) mass is 499 g/mol.